The number of pyridine rings is 1. The normalized spacial score (nSPS) is 9.96. The molecule has 2 N–H and O–H groups in total. The van der Waals surface area contributed by atoms with Crippen molar-refractivity contribution in [1.82, 2.24) is 10.3 Å². The minimum Gasteiger partial charge on any atom is -0.492 e. The Morgan fingerprint density at radius 2 is 1.87 bits per heavy atom. The third-order valence-electron chi connectivity index (χ3n) is 3.03. The Morgan fingerprint density at radius 3 is 2.61 bits per heavy atom. The summed E-state index contributed by atoms with van der Waals surface area (Å²) in [5.74, 6) is -0.880. The van der Waals surface area contributed by atoms with E-state index in [0.29, 0.717) is 31.0 Å². The zero-order valence-corrected chi connectivity index (χ0v) is 12.9. The zero-order valence-electron chi connectivity index (χ0n) is 12.9. The van der Waals surface area contributed by atoms with E-state index >= 15 is 0 Å². The van der Waals surface area contributed by atoms with Gasteiger partial charge in [-0.3, -0.25) is 14.6 Å². The van der Waals surface area contributed by atoms with Crippen LogP contribution in [0.25, 0.3) is 0 Å². The summed E-state index contributed by atoms with van der Waals surface area (Å²) in [6.07, 6.45) is 2.25. The number of aromatic nitrogens is 1. The maximum atomic E-state index is 11.9. The smallest absolute Gasteiger partial charge is 0.313 e. The van der Waals surface area contributed by atoms with Crippen molar-refractivity contribution in [2.75, 3.05) is 18.5 Å². The van der Waals surface area contributed by atoms with Crippen molar-refractivity contribution in [3.63, 3.8) is 0 Å². The Hall–Kier alpha value is -2.89. The van der Waals surface area contributed by atoms with Gasteiger partial charge in [-0.2, -0.15) is 0 Å². The molecule has 6 heteroatoms. The lowest BCUT2D eigenvalue weighted by molar-refractivity contribution is -0.136. The molecular formula is C17H19N3O3. The predicted molar refractivity (Wildman–Crippen MR) is 87.2 cm³/mol. The van der Waals surface area contributed by atoms with Crippen LogP contribution in [0, 0.1) is 0 Å². The Morgan fingerprint density at radius 1 is 1.09 bits per heavy atom. The van der Waals surface area contributed by atoms with E-state index in [4.69, 9.17) is 4.74 Å². The fourth-order valence-corrected chi connectivity index (χ4v) is 1.96. The molecule has 0 spiro atoms. The predicted octanol–water partition coefficient (Wildman–Crippen LogP) is 1.78. The molecule has 0 saturated heterocycles. The van der Waals surface area contributed by atoms with E-state index < -0.39 is 11.8 Å². The Kier molecular flexibility index (Phi) is 6.11. The van der Waals surface area contributed by atoms with Crippen LogP contribution in [-0.2, 0) is 16.0 Å². The van der Waals surface area contributed by atoms with Crippen molar-refractivity contribution >= 4 is 17.5 Å². The monoisotopic (exact) mass is 313 g/mol. The van der Waals surface area contributed by atoms with Gasteiger partial charge >= 0.3 is 11.8 Å². The number of benzene rings is 1. The molecule has 2 amide bonds. The summed E-state index contributed by atoms with van der Waals surface area (Å²) in [7, 11) is 0. The number of hydrogen-bond donors (Lipinski definition) is 2. The zero-order chi connectivity index (χ0) is 16.5. The molecule has 0 saturated carbocycles. The number of rotatable bonds is 6. The van der Waals surface area contributed by atoms with E-state index in [9.17, 15) is 9.59 Å². The molecule has 0 aliphatic carbocycles. The number of carbonyl (C=O) groups excluding carboxylic acids is 2. The molecule has 0 atom stereocenters. The largest absolute Gasteiger partial charge is 0.492 e. The molecule has 23 heavy (non-hydrogen) atoms. The highest BCUT2D eigenvalue weighted by atomic mass is 16.5. The minimum atomic E-state index is -0.724. The van der Waals surface area contributed by atoms with Crippen LogP contribution in [0.1, 0.15) is 12.6 Å². The van der Waals surface area contributed by atoms with E-state index in [1.54, 1.807) is 30.5 Å². The SMILES string of the molecule is CCOc1ccccc1NC(=O)C(=O)NCCc1ccccn1. The van der Waals surface area contributed by atoms with E-state index in [-0.39, 0.29) is 0 Å². The lowest BCUT2D eigenvalue weighted by atomic mass is 10.2. The van der Waals surface area contributed by atoms with Gasteiger partial charge < -0.3 is 15.4 Å². The highest BCUT2D eigenvalue weighted by Crippen LogP contribution is 2.23. The number of para-hydroxylation sites is 2. The highest BCUT2D eigenvalue weighted by Gasteiger charge is 2.15. The van der Waals surface area contributed by atoms with Crippen molar-refractivity contribution in [3.8, 4) is 5.75 Å². The van der Waals surface area contributed by atoms with Gasteiger partial charge in [-0.1, -0.05) is 18.2 Å². The van der Waals surface area contributed by atoms with Crippen LogP contribution in [0.15, 0.2) is 48.7 Å². The van der Waals surface area contributed by atoms with Crippen LogP contribution in [0.4, 0.5) is 5.69 Å². The van der Waals surface area contributed by atoms with Gasteiger partial charge in [0.15, 0.2) is 0 Å². The summed E-state index contributed by atoms with van der Waals surface area (Å²) < 4.78 is 5.40. The summed E-state index contributed by atoms with van der Waals surface area (Å²) in [5.41, 5.74) is 1.33. The van der Waals surface area contributed by atoms with Crippen LogP contribution in [-0.4, -0.2) is 29.9 Å². The first kappa shape index (κ1) is 16.5. The molecule has 2 rings (SSSR count). The van der Waals surface area contributed by atoms with Gasteiger partial charge in [-0.15, -0.1) is 0 Å². The number of amides is 2. The van der Waals surface area contributed by atoms with Crippen molar-refractivity contribution in [1.29, 1.82) is 0 Å². The van der Waals surface area contributed by atoms with Gasteiger partial charge in [0.05, 0.1) is 12.3 Å². The first-order valence-corrected chi connectivity index (χ1v) is 7.41. The number of hydrogen-bond acceptors (Lipinski definition) is 4. The molecule has 0 aliphatic rings. The Bertz CT molecular complexity index is 659. The molecule has 6 nitrogen and oxygen atoms in total. The number of ether oxygens (including phenoxy) is 1. The molecule has 1 heterocycles. The van der Waals surface area contributed by atoms with Crippen LogP contribution in [0.5, 0.6) is 5.75 Å². The first-order valence-electron chi connectivity index (χ1n) is 7.41. The molecule has 2 aromatic rings. The Labute approximate surface area is 134 Å². The van der Waals surface area contributed by atoms with Crippen molar-refractivity contribution in [2.24, 2.45) is 0 Å². The summed E-state index contributed by atoms with van der Waals surface area (Å²) in [6.45, 7) is 2.67. The number of nitrogens with zero attached hydrogens (tertiary/aromatic N) is 1. The van der Waals surface area contributed by atoms with Gasteiger partial charge in [0, 0.05) is 24.9 Å². The number of carbonyl (C=O) groups is 2. The second kappa shape index (κ2) is 8.53. The van der Waals surface area contributed by atoms with E-state index in [1.807, 2.05) is 25.1 Å². The summed E-state index contributed by atoms with van der Waals surface area (Å²) in [5, 5.41) is 5.12. The molecule has 0 radical (unpaired) electrons. The molecule has 1 aromatic heterocycles. The lowest BCUT2D eigenvalue weighted by Crippen LogP contribution is -2.36. The minimum absolute atomic E-state index is 0.344. The second-order valence-corrected chi connectivity index (χ2v) is 4.71. The van der Waals surface area contributed by atoms with E-state index in [1.165, 1.54) is 0 Å². The molecule has 0 aliphatic heterocycles. The van der Waals surface area contributed by atoms with Crippen LogP contribution >= 0.6 is 0 Å². The maximum absolute atomic E-state index is 11.9. The van der Waals surface area contributed by atoms with Gasteiger partial charge in [-0.25, -0.2) is 0 Å². The highest BCUT2D eigenvalue weighted by molar-refractivity contribution is 6.39. The van der Waals surface area contributed by atoms with Gasteiger partial charge in [0.1, 0.15) is 5.75 Å². The van der Waals surface area contributed by atoms with Crippen molar-refractivity contribution in [3.05, 3.63) is 54.4 Å². The van der Waals surface area contributed by atoms with Crippen LogP contribution < -0.4 is 15.4 Å². The van der Waals surface area contributed by atoms with Crippen molar-refractivity contribution < 1.29 is 14.3 Å². The summed E-state index contributed by atoms with van der Waals surface area (Å²) in [6, 6.07) is 12.5. The molecule has 120 valence electrons. The van der Waals surface area contributed by atoms with Crippen LogP contribution in [0.2, 0.25) is 0 Å². The molecule has 0 fully saturated rings. The second-order valence-electron chi connectivity index (χ2n) is 4.71. The van der Waals surface area contributed by atoms with E-state index in [2.05, 4.69) is 15.6 Å². The van der Waals surface area contributed by atoms with Gasteiger partial charge in [0.2, 0.25) is 0 Å². The lowest BCUT2D eigenvalue weighted by Gasteiger charge is -2.11. The van der Waals surface area contributed by atoms with Gasteiger partial charge in [-0.05, 0) is 31.2 Å². The third kappa shape index (κ3) is 5.10. The molecule has 0 unspecified atom stereocenters. The molecular weight excluding hydrogens is 294 g/mol. The standard InChI is InChI=1S/C17H19N3O3/c1-2-23-15-9-4-3-8-14(15)20-17(22)16(21)19-12-10-13-7-5-6-11-18-13/h3-9,11H,2,10,12H2,1H3,(H,19,21)(H,20,22). The first-order chi connectivity index (χ1) is 11.2. The van der Waals surface area contributed by atoms with Crippen LogP contribution in [0.3, 0.4) is 0 Å². The summed E-state index contributed by atoms with van der Waals surface area (Å²) in [4.78, 5) is 27.9. The molecule has 1 aromatic carbocycles. The average molecular weight is 313 g/mol. The third-order valence-corrected chi connectivity index (χ3v) is 3.03. The number of nitrogens with one attached hydrogen (secondary N) is 2. The fraction of sp³-hybridized carbons (Fsp3) is 0.235. The molecule has 0 bridgehead atoms. The van der Waals surface area contributed by atoms with E-state index in [0.717, 1.165) is 5.69 Å². The van der Waals surface area contributed by atoms with Crippen molar-refractivity contribution in [2.45, 2.75) is 13.3 Å². The Balaban J connectivity index is 1.84. The quantitative estimate of drug-likeness (QED) is 0.797. The average Bonchev–Trinajstić information content (AvgIpc) is 2.57. The van der Waals surface area contributed by atoms with Gasteiger partial charge in [0.25, 0.3) is 0 Å². The number of anilines is 1. The maximum Gasteiger partial charge on any atom is 0.313 e. The topological polar surface area (TPSA) is 80.3 Å². The fourth-order valence-electron chi connectivity index (χ4n) is 1.96. The summed E-state index contributed by atoms with van der Waals surface area (Å²) >= 11 is 0.